The van der Waals surface area contributed by atoms with Crippen LogP contribution in [0.15, 0.2) is 29.4 Å². The van der Waals surface area contributed by atoms with Crippen LogP contribution in [0.4, 0.5) is 0 Å². The van der Waals surface area contributed by atoms with Gasteiger partial charge in [-0.15, -0.1) is 0 Å². The van der Waals surface area contributed by atoms with Gasteiger partial charge in [0.1, 0.15) is 11.9 Å². The molecular weight excluding hydrogens is 210 g/mol. The van der Waals surface area contributed by atoms with Crippen LogP contribution in [0.2, 0.25) is 0 Å². The topological polar surface area (TPSA) is 109 Å². The van der Waals surface area contributed by atoms with Crippen molar-refractivity contribution in [3.05, 3.63) is 40.3 Å². The van der Waals surface area contributed by atoms with Crippen molar-refractivity contribution in [1.82, 2.24) is 0 Å². The van der Waals surface area contributed by atoms with E-state index in [-0.39, 0.29) is 24.3 Å². The van der Waals surface area contributed by atoms with Gasteiger partial charge in [-0.25, -0.2) is 0 Å². The van der Waals surface area contributed by atoms with Gasteiger partial charge in [0.15, 0.2) is 0 Å². The van der Waals surface area contributed by atoms with Crippen LogP contribution in [0.25, 0.3) is 10.4 Å². The highest BCUT2D eigenvalue weighted by molar-refractivity contribution is 5.34. The van der Waals surface area contributed by atoms with Crippen LogP contribution in [0.5, 0.6) is 5.75 Å². The average molecular weight is 223 g/mol. The molecule has 0 amide bonds. The number of nitrogens with zero attached hydrogens (tertiary/aromatic N) is 3. The maximum absolute atomic E-state index is 9.72. The van der Waals surface area contributed by atoms with E-state index in [2.05, 4.69) is 10.0 Å². The first kappa shape index (κ1) is 12.3. The van der Waals surface area contributed by atoms with E-state index in [9.17, 15) is 15.3 Å². The van der Waals surface area contributed by atoms with Gasteiger partial charge in [-0.2, -0.15) is 0 Å². The quantitative estimate of drug-likeness (QED) is 0.399. The summed E-state index contributed by atoms with van der Waals surface area (Å²) in [5.74, 6) is -0.0714. The number of benzene rings is 1. The first-order valence-electron chi connectivity index (χ1n) is 4.81. The average Bonchev–Trinajstić information content (AvgIpc) is 2.29. The maximum atomic E-state index is 9.72. The minimum absolute atomic E-state index is 0.0714. The molecule has 0 aliphatic carbocycles. The van der Waals surface area contributed by atoms with Gasteiger partial charge in [-0.1, -0.05) is 23.3 Å². The van der Waals surface area contributed by atoms with E-state index >= 15 is 0 Å². The van der Waals surface area contributed by atoms with Crippen molar-refractivity contribution in [1.29, 1.82) is 0 Å². The lowest BCUT2D eigenvalue weighted by Gasteiger charge is -2.18. The van der Waals surface area contributed by atoms with Gasteiger partial charge in [-0.05, 0) is 18.0 Å². The van der Waals surface area contributed by atoms with E-state index < -0.39 is 12.2 Å². The first-order chi connectivity index (χ1) is 7.66. The van der Waals surface area contributed by atoms with E-state index in [4.69, 9.17) is 5.53 Å². The third-order valence-corrected chi connectivity index (χ3v) is 2.21. The predicted molar refractivity (Wildman–Crippen MR) is 57.7 cm³/mol. The van der Waals surface area contributed by atoms with Gasteiger partial charge in [0.25, 0.3) is 0 Å². The molecule has 0 fully saturated rings. The molecule has 0 aromatic heterocycles. The van der Waals surface area contributed by atoms with E-state index in [1.165, 1.54) is 12.1 Å². The second-order valence-corrected chi connectivity index (χ2v) is 3.31. The van der Waals surface area contributed by atoms with Crippen molar-refractivity contribution < 1.29 is 15.3 Å². The number of para-hydroxylation sites is 1. The lowest BCUT2D eigenvalue weighted by molar-refractivity contribution is 0.0137. The van der Waals surface area contributed by atoms with Gasteiger partial charge in [0, 0.05) is 17.0 Å². The number of rotatable bonds is 5. The molecule has 0 heterocycles. The zero-order valence-corrected chi connectivity index (χ0v) is 8.56. The monoisotopic (exact) mass is 223 g/mol. The van der Waals surface area contributed by atoms with Crippen LogP contribution >= 0.6 is 0 Å². The zero-order valence-electron chi connectivity index (χ0n) is 8.56. The molecule has 1 aromatic carbocycles. The first-order valence-corrected chi connectivity index (χ1v) is 4.81. The standard InChI is InChI=1S/C10H13N3O3/c11-13-12-6-5-9(15)10(16)7-3-1-2-4-8(7)14/h1-4,9-10,14-16H,5-6H2. The molecule has 0 radical (unpaired) electrons. The third-order valence-electron chi connectivity index (χ3n) is 2.21. The zero-order chi connectivity index (χ0) is 12.0. The molecule has 16 heavy (non-hydrogen) atoms. The Hall–Kier alpha value is -1.75. The summed E-state index contributed by atoms with van der Waals surface area (Å²) < 4.78 is 0. The fourth-order valence-electron chi connectivity index (χ4n) is 1.34. The van der Waals surface area contributed by atoms with Crippen LogP contribution in [-0.2, 0) is 0 Å². The van der Waals surface area contributed by atoms with Gasteiger partial charge >= 0.3 is 0 Å². The number of hydrogen-bond acceptors (Lipinski definition) is 4. The van der Waals surface area contributed by atoms with Gasteiger partial charge in [0.05, 0.1) is 6.10 Å². The summed E-state index contributed by atoms with van der Waals surface area (Å²) in [6.45, 7) is 0.0995. The minimum atomic E-state index is -1.19. The molecule has 1 aromatic rings. The Balaban J connectivity index is 2.66. The number of hydrogen-bond donors (Lipinski definition) is 3. The Kier molecular flexibility index (Phi) is 4.60. The summed E-state index contributed by atoms with van der Waals surface area (Å²) in [5.41, 5.74) is 8.31. The normalized spacial score (nSPS) is 13.9. The summed E-state index contributed by atoms with van der Waals surface area (Å²) in [6, 6.07) is 6.23. The highest BCUT2D eigenvalue weighted by Crippen LogP contribution is 2.26. The molecule has 3 N–H and O–H groups in total. The van der Waals surface area contributed by atoms with Crippen LogP contribution in [0, 0.1) is 0 Å². The van der Waals surface area contributed by atoms with Gasteiger partial charge < -0.3 is 15.3 Å². The predicted octanol–water partition coefficient (Wildman–Crippen LogP) is 1.49. The lowest BCUT2D eigenvalue weighted by Crippen LogP contribution is -2.19. The van der Waals surface area contributed by atoms with E-state index in [1.807, 2.05) is 0 Å². The number of azide groups is 1. The molecule has 0 saturated heterocycles. The Labute approximate surface area is 92.4 Å². The molecule has 2 atom stereocenters. The largest absolute Gasteiger partial charge is 0.508 e. The molecule has 0 spiro atoms. The number of phenols is 1. The lowest BCUT2D eigenvalue weighted by atomic mass is 10.0. The van der Waals surface area contributed by atoms with Crippen molar-refractivity contribution >= 4 is 0 Å². The van der Waals surface area contributed by atoms with E-state index in [0.29, 0.717) is 0 Å². The smallest absolute Gasteiger partial charge is 0.121 e. The van der Waals surface area contributed by atoms with Crippen LogP contribution < -0.4 is 0 Å². The van der Waals surface area contributed by atoms with Crippen molar-refractivity contribution in [3.63, 3.8) is 0 Å². The van der Waals surface area contributed by atoms with Crippen LogP contribution in [-0.4, -0.2) is 28.0 Å². The maximum Gasteiger partial charge on any atom is 0.121 e. The van der Waals surface area contributed by atoms with Crippen molar-refractivity contribution in [2.45, 2.75) is 18.6 Å². The minimum Gasteiger partial charge on any atom is -0.508 e. The highest BCUT2D eigenvalue weighted by Gasteiger charge is 2.20. The summed E-state index contributed by atoms with van der Waals surface area (Å²) in [6.07, 6.45) is -2.12. The second-order valence-electron chi connectivity index (χ2n) is 3.31. The Bertz CT molecular complexity index is 391. The van der Waals surface area contributed by atoms with Crippen molar-refractivity contribution in [3.8, 4) is 5.75 Å². The van der Waals surface area contributed by atoms with Gasteiger partial charge in [-0.3, -0.25) is 0 Å². The van der Waals surface area contributed by atoms with E-state index in [0.717, 1.165) is 0 Å². The van der Waals surface area contributed by atoms with E-state index in [1.54, 1.807) is 12.1 Å². The Morgan fingerprint density at radius 3 is 2.62 bits per heavy atom. The SMILES string of the molecule is [N-]=[N+]=NCCC(O)C(O)c1ccccc1O. The summed E-state index contributed by atoms with van der Waals surface area (Å²) in [5, 5.41) is 32.0. The molecule has 1 rings (SSSR count). The summed E-state index contributed by atoms with van der Waals surface area (Å²) in [7, 11) is 0. The fourth-order valence-corrected chi connectivity index (χ4v) is 1.34. The molecule has 0 saturated carbocycles. The molecule has 86 valence electrons. The molecule has 6 nitrogen and oxygen atoms in total. The molecular formula is C10H13N3O3. The highest BCUT2D eigenvalue weighted by atomic mass is 16.3. The third kappa shape index (κ3) is 3.13. The second kappa shape index (κ2) is 5.97. The number of aliphatic hydroxyl groups excluding tert-OH is 2. The van der Waals surface area contributed by atoms with Crippen LogP contribution in [0.3, 0.4) is 0 Å². The van der Waals surface area contributed by atoms with Crippen molar-refractivity contribution in [2.24, 2.45) is 5.11 Å². The summed E-state index contributed by atoms with van der Waals surface area (Å²) >= 11 is 0. The molecule has 0 bridgehead atoms. The molecule has 0 aliphatic rings. The summed E-state index contributed by atoms with van der Waals surface area (Å²) in [4.78, 5) is 2.54. The Morgan fingerprint density at radius 2 is 2.00 bits per heavy atom. The number of aliphatic hydroxyl groups is 2. The number of phenolic OH excluding ortho intramolecular Hbond substituents is 1. The van der Waals surface area contributed by atoms with Crippen molar-refractivity contribution in [2.75, 3.05) is 6.54 Å². The number of aromatic hydroxyl groups is 1. The molecule has 0 aliphatic heterocycles. The Morgan fingerprint density at radius 1 is 1.31 bits per heavy atom. The molecule has 6 heteroatoms. The fraction of sp³-hybridized carbons (Fsp3) is 0.400. The van der Waals surface area contributed by atoms with Gasteiger partial charge in [0.2, 0.25) is 0 Å². The van der Waals surface area contributed by atoms with Crippen LogP contribution in [0.1, 0.15) is 18.1 Å². The molecule has 2 unspecified atom stereocenters.